The molecule has 1 saturated heterocycles. The maximum Gasteiger partial charge on any atom is 0.266 e. The van der Waals surface area contributed by atoms with Crippen LogP contribution in [-0.2, 0) is 4.79 Å². The number of pyridine rings is 1. The van der Waals surface area contributed by atoms with Crippen LogP contribution in [0.3, 0.4) is 0 Å². The molecule has 130 valence electrons. The number of carbonyl (C=O) groups excluding carboxylic acids is 1. The summed E-state index contributed by atoms with van der Waals surface area (Å²) in [6.07, 6.45) is 3.48. The molecule has 0 N–H and O–H groups in total. The number of aliphatic imine (C=N–C) groups is 1. The number of likely N-dealkylation sites (N-methyl/N-ethyl adjacent to an activating group) is 1. The molecule has 26 heavy (non-hydrogen) atoms. The van der Waals surface area contributed by atoms with Crippen LogP contribution in [0.2, 0.25) is 0 Å². The van der Waals surface area contributed by atoms with Gasteiger partial charge in [-0.1, -0.05) is 6.07 Å². The third kappa shape index (κ3) is 3.21. The summed E-state index contributed by atoms with van der Waals surface area (Å²) >= 11 is 2.76. The van der Waals surface area contributed by atoms with E-state index < -0.39 is 0 Å². The van der Waals surface area contributed by atoms with Gasteiger partial charge in [0.1, 0.15) is 5.75 Å². The normalized spacial score (nSPS) is 17.6. The minimum atomic E-state index is -0.0954. The van der Waals surface area contributed by atoms with Crippen LogP contribution in [0.25, 0.3) is 17.0 Å². The molecule has 1 aliphatic heterocycles. The number of thioether (sulfide) groups is 1. The molecule has 1 aliphatic rings. The second-order valence-electron chi connectivity index (χ2n) is 5.48. The molecule has 0 aliphatic carbocycles. The lowest BCUT2D eigenvalue weighted by Crippen LogP contribution is -2.23. The Hall–Kier alpha value is -2.71. The number of hydrogen-bond acceptors (Lipinski definition) is 7. The zero-order valence-corrected chi connectivity index (χ0v) is 15.7. The lowest BCUT2D eigenvalue weighted by Gasteiger charge is -2.05. The van der Waals surface area contributed by atoms with Gasteiger partial charge in [0.25, 0.3) is 5.91 Å². The zero-order chi connectivity index (χ0) is 18.1. The Kier molecular flexibility index (Phi) is 4.44. The third-order valence-electron chi connectivity index (χ3n) is 3.81. The highest BCUT2D eigenvalue weighted by atomic mass is 32.2. The lowest BCUT2D eigenvalue weighted by molar-refractivity contribution is -0.121. The van der Waals surface area contributed by atoms with Gasteiger partial charge in [0, 0.05) is 24.0 Å². The molecule has 3 aromatic rings. The Morgan fingerprint density at radius 2 is 2.15 bits per heavy atom. The Bertz CT molecular complexity index is 1040. The van der Waals surface area contributed by atoms with E-state index in [1.165, 1.54) is 28.0 Å². The van der Waals surface area contributed by atoms with Crippen molar-refractivity contribution in [1.29, 1.82) is 0 Å². The zero-order valence-electron chi connectivity index (χ0n) is 14.0. The van der Waals surface area contributed by atoms with Crippen molar-refractivity contribution in [2.24, 2.45) is 4.99 Å². The largest absolute Gasteiger partial charge is 0.497 e. The van der Waals surface area contributed by atoms with Crippen LogP contribution in [0.15, 0.2) is 51.8 Å². The summed E-state index contributed by atoms with van der Waals surface area (Å²) in [6.45, 7) is 0. The van der Waals surface area contributed by atoms with Crippen molar-refractivity contribution in [2.45, 2.75) is 0 Å². The molecule has 0 atom stereocenters. The number of ether oxygens (including phenoxy) is 1. The number of methoxy groups -OCH3 is 1. The molecular weight excluding hydrogens is 368 g/mol. The van der Waals surface area contributed by atoms with Crippen LogP contribution in [0.1, 0.15) is 5.69 Å². The van der Waals surface area contributed by atoms with Crippen molar-refractivity contribution in [3.63, 3.8) is 0 Å². The van der Waals surface area contributed by atoms with E-state index in [-0.39, 0.29) is 5.91 Å². The number of hydrogen-bond donors (Lipinski definition) is 0. The number of amides is 1. The highest BCUT2D eigenvalue weighted by Gasteiger charge is 2.30. The minimum absolute atomic E-state index is 0.0954. The molecule has 6 nitrogen and oxygen atoms in total. The van der Waals surface area contributed by atoms with Crippen molar-refractivity contribution >= 4 is 56.3 Å². The molecule has 1 amide bonds. The maximum atomic E-state index is 12.5. The number of nitrogens with zero attached hydrogens (tertiary/aromatic N) is 4. The maximum absolute atomic E-state index is 12.5. The van der Waals surface area contributed by atoms with Crippen molar-refractivity contribution in [3.05, 3.63) is 52.5 Å². The average Bonchev–Trinajstić information content (AvgIpc) is 3.26. The molecule has 3 heterocycles. The van der Waals surface area contributed by atoms with Gasteiger partial charge in [-0.3, -0.25) is 9.69 Å². The van der Waals surface area contributed by atoms with Crippen LogP contribution in [0.5, 0.6) is 5.75 Å². The standard InChI is InChI=1S/C18H14N4O2S2/c1-22-16(23)15(26-18(22)21-17-19-7-8-25-17)10-12-4-3-11-9-13(24-2)5-6-14(11)20-12/h3-10H,1-2H3/b15-10+,21-18+. The average molecular weight is 382 g/mol. The van der Waals surface area contributed by atoms with Gasteiger partial charge in [0.15, 0.2) is 5.17 Å². The number of thiazole rings is 1. The molecule has 8 heteroatoms. The number of fused-ring (bicyclic) bond motifs is 1. The summed E-state index contributed by atoms with van der Waals surface area (Å²) < 4.78 is 5.23. The Labute approximate surface area is 158 Å². The fourth-order valence-electron chi connectivity index (χ4n) is 2.47. The van der Waals surface area contributed by atoms with Gasteiger partial charge in [0.2, 0.25) is 5.13 Å². The molecular formula is C18H14N4O2S2. The quantitative estimate of drug-likeness (QED) is 0.642. The van der Waals surface area contributed by atoms with Crippen molar-refractivity contribution in [1.82, 2.24) is 14.9 Å². The molecule has 2 aromatic heterocycles. The van der Waals surface area contributed by atoms with Gasteiger partial charge in [-0.25, -0.2) is 9.97 Å². The number of carbonyl (C=O) groups is 1. The van der Waals surface area contributed by atoms with Crippen LogP contribution in [0.4, 0.5) is 5.13 Å². The topological polar surface area (TPSA) is 67.7 Å². The molecule has 1 fully saturated rings. The first kappa shape index (κ1) is 16.7. The van der Waals surface area contributed by atoms with E-state index in [4.69, 9.17) is 4.74 Å². The van der Waals surface area contributed by atoms with Gasteiger partial charge >= 0.3 is 0 Å². The Morgan fingerprint density at radius 1 is 1.27 bits per heavy atom. The fraction of sp³-hybridized carbons (Fsp3) is 0.111. The Balaban J connectivity index is 1.65. The highest BCUT2D eigenvalue weighted by Crippen LogP contribution is 2.33. The molecule has 0 spiro atoms. The monoisotopic (exact) mass is 382 g/mol. The summed E-state index contributed by atoms with van der Waals surface area (Å²) in [5.41, 5.74) is 1.57. The molecule has 0 unspecified atom stereocenters. The predicted octanol–water partition coefficient (Wildman–Crippen LogP) is 3.93. The molecule has 1 aromatic carbocycles. The SMILES string of the molecule is COc1ccc2nc(/C=C3/S/C(=N/c4nccs4)N(C)C3=O)ccc2c1. The number of benzene rings is 1. The Morgan fingerprint density at radius 3 is 2.92 bits per heavy atom. The van der Waals surface area contributed by atoms with Crippen LogP contribution in [-0.4, -0.2) is 40.1 Å². The summed E-state index contributed by atoms with van der Waals surface area (Å²) in [4.78, 5) is 27.8. The summed E-state index contributed by atoms with van der Waals surface area (Å²) in [6, 6.07) is 9.56. The second-order valence-corrected chi connectivity index (χ2v) is 7.36. The summed E-state index contributed by atoms with van der Waals surface area (Å²) in [7, 11) is 3.35. The summed E-state index contributed by atoms with van der Waals surface area (Å²) in [5, 5.41) is 4.08. The van der Waals surface area contributed by atoms with Crippen LogP contribution < -0.4 is 4.74 Å². The van der Waals surface area contributed by atoms with Gasteiger partial charge < -0.3 is 4.74 Å². The smallest absolute Gasteiger partial charge is 0.266 e. The second kappa shape index (κ2) is 6.89. The van der Waals surface area contributed by atoms with Gasteiger partial charge in [-0.15, -0.1) is 11.3 Å². The molecule has 0 saturated carbocycles. The van der Waals surface area contributed by atoms with Gasteiger partial charge in [-0.2, -0.15) is 4.99 Å². The van der Waals surface area contributed by atoms with Crippen molar-refractivity contribution in [3.8, 4) is 5.75 Å². The molecule has 0 radical (unpaired) electrons. The van der Waals surface area contributed by atoms with E-state index in [0.29, 0.717) is 15.2 Å². The van der Waals surface area contributed by atoms with Crippen molar-refractivity contribution < 1.29 is 9.53 Å². The minimum Gasteiger partial charge on any atom is -0.497 e. The number of rotatable bonds is 3. The first-order valence-corrected chi connectivity index (χ1v) is 9.44. The first-order valence-electron chi connectivity index (χ1n) is 7.74. The van der Waals surface area contributed by atoms with E-state index in [2.05, 4.69) is 15.0 Å². The summed E-state index contributed by atoms with van der Waals surface area (Å²) in [5.74, 6) is 0.693. The number of amidine groups is 1. The predicted molar refractivity (Wildman–Crippen MR) is 106 cm³/mol. The van der Waals surface area contributed by atoms with Crippen LogP contribution in [0, 0.1) is 0 Å². The van der Waals surface area contributed by atoms with E-state index in [0.717, 1.165) is 22.3 Å². The van der Waals surface area contributed by atoms with Gasteiger partial charge in [-0.05, 0) is 42.1 Å². The van der Waals surface area contributed by atoms with Crippen molar-refractivity contribution in [2.75, 3.05) is 14.2 Å². The van der Waals surface area contributed by atoms with E-state index in [9.17, 15) is 4.79 Å². The van der Waals surface area contributed by atoms with E-state index in [1.807, 2.05) is 35.7 Å². The molecule has 4 rings (SSSR count). The van der Waals surface area contributed by atoms with E-state index in [1.54, 1.807) is 26.4 Å². The lowest BCUT2D eigenvalue weighted by atomic mass is 10.2. The molecule has 0 bridgehead atoms. The fourth-order valence-corrected chi connectivity index (χ4v) is 3.98. The van der Waals surface area contributed by atoms with Crippen LogP contribution >= 0.6 is 23.1 Å². The van der Waals surface area contributed by atoms with E-state index >= 15 is 0 Å². The third-order valence-corrected chi connectivity index (χ3v) is 5.54. The van der Waals surface area contributed by atoms with Gasteiger partial charge in [0.05, 0.1) is 23.2 Å². The first-order chi connectivity index (χ1) is 12.6. The number of aromatic nitrogens is 2. The highest BCUT2D eigenvalue weighted by molar-refractivity contribution is 8.18.